The Morgan fingerprint density at radius 3 is 2.67 bits per heavy atom. The fourth-order valence-electron chi connectivity index (χ4n) is 2.82. The molecular weight excluding hydrogens is 262 g/mol. The van der Waals surface area contributed by atoms with Crippen molar-refractivity contribution in [2.45, 2.75) is 19.9 Å². The van der Waals surface area contributed by atoms with Gasteiger partial charge in [-0.3, -0.25) is 0 Å². The third-order valence-corrected chi connectivity index (χ3v) is 3.95. The zero-order valence-electron chi connectivity index (χ0n) is 12.5. The largest absolute Gasteiger partial charge is 0.497 e. The first-order chi connectivity index (χ1) is 10.1. The van der Waals surface area contributed by atoms with Gasteiger partial charge in [-0.05, 0) is 37.1 Å². The summed E-state index contributed by atoms with van der Waals surface area (Å²) in [7, 11) is 1.66. The zero-order chi connectivity index (χ0) is 15.0. The summed E-state index contributed by atoms with van der Waals surface area (Å²) in [6.07, 6.45) is 0. The Bertz CT molecular complexity index is 792. The van der Waals surface area contributed by atoms with Crippen molar-refractivity contribution in [3.63, 3.8) is 0 Å². The van der Waals surface area contributed by atoms with Crippen molar-refractivity contribution in [2.75, 3.05) is 12.8 Å². The lowest BCUT2D eigenvalue weighted by Crippen LogP contribution is -2.11. The van der Waals surface area contributed by atoms with Gasteiger partial charge < -0.3 is 15.0 Å². The van der Waals surface area contributed by atoms with E-state index in [9.17, 15) is 0 Å². The van der Waals surface area contributed by atoms with Crippen LogP contribution in [0.25, 0.3) is 11.0 Å². The van der Waals surface area contributed by atoms with Crippen molar-refractivity contribution >= 4 is 17.0 Å². The van der Waals surface area contributed by atoms with E-state index in [0.717, 1.165) is 16.8 Å². The molecule has 1 aromatic heterocycles. The van der Waals surface area contributed by atoms with Crippen LogP contribution < -0.4 is 10.5 Å². The summed E-state index contributed by atoms with van der Waals surface area (Å²) in [6, 6.07) is 14.3. The summed E-state index contributed by atoms with van der Waals surface area (Å²) >= 11 is 0. The highest BCUT2D eigenvalue weighted by Crippen LogP contribution is 2.30. The number of ether oxygens (including phenoxy) is 1. The van der Waals surface area contributed by atoms with Crippen molar-refractivity contribution in [3.05, 3.63) is 53.6 Å². The van der Waals surface area contributed by atoms with Crippen LogP contribution in [0.5, 0.6) is 5.75 Å². The Morgan fingerprint density at radius 1 is 1.19 bits per heavy atom. The number of rotatable bonds is 3. The number of fused-ring (bicyclic) bond motifs is 1. The van der Waals surface area contributed by atoms with Crippen molar-refractivity contribution < 1.29 is 4.74 Å². The highest BCUT2D eigenvalue weighted by Gasteiger charge is 2.17. The molecular formula is C17H19N3O. The van der Waals surface area contributed by atoms with Crippen LogP contribution in [-0.2, 0) is 0 Å². The molecule has 4 nitrogen and oxygen atoms in total. The van der Waals surface area contributed by atoms with E-state index in [1.165, 1.54) is 11.1 Å². The first kappa shape index (κ1) is 13.5. The molecule has 2 N–H and O–H groups in total. The number of imidazole rings is 1. The number of hydrogen-bond acceptors (Lipinski definition) is 3. The molecule has 0 aliphatic heterocycles. The summed E-state index contributed by atoms with van der Waals surface area (Å²) in [5.41, 5.74) is 10.5. The van der Waals surface area contributed by atoms with E-state index < -0.39 is 0 Å². The predicted molar refractivity (Wildman–Crippen MR) is 85.7 cm³/mol. The molecule has 3 rings (SSSR count). The van der Waals surface area contributed by atoms with Crippen LogP contribution in [-0.4, -0.2) is 16.7 Å². The van der Waals surface area contributed by atoms with Gasteiger partial charge >= 0.3 is 0 Å². The minimum absolute atomic E-state index is 0.114. The second-order valence-electron chi connectivity index (χ2n) is 5.23. The highest BCUT2D eigenvalue weighted by atomic mass is 16.5. The number of nitrogens with two attached hydrogens (primary N) is 1. The Morgan fingerprint density at radius 2 is 1.95 bits per heavy atom. The molecule has 0 saturated carbocycles. The molecule has 108 valence electrons. The van der Waals surface area contributed by atoms with E-state index in [-0.39, 0.29) is 6.04 Å². The van der Waals surface area contributed by atoms with Crippen molar-refractivity contribution in [2.24, 2.45) is 0 Å². The van der Waals surface area contributed by atoms with E-state index in [2.05, 4.69) is 41.6 Å². The number of nitrogen functional groups attached to an aromatic ring is 1. The molecule has 1 unspecified atom stereocenters. The van der Waals surface area contributed by atoms with E-state index in [1.807, 2.05) is 24.3 Å². The SMILES string of the molecule is COc1ccc2nc(N)n(C(C)c3ccccc3C)c2c1. The Balaban J connectivity index is 2.19. The molecule has 0 aliphatic carbocycles. The van der Waals surface area contributed by atoms with Crippen molar-refractivity contribution in [1.82, 2.24) is 9.55 Å². The minimum atomic E-state index is 0.114. The fourth-order valence-corrected chi connectivity index (χ4v) is 2.82. The molecule has 1 atom stereocenters. The van der Waals surface area contributed by atoms with E-state index in [1.54, 1.807) is 7.11 Å². The van der Waals surface area contributed by atoms with Gasteiger partial charge in [-0.25, -0.2) is 4.98 Å². The van der Waals surface area contributed by atoms with Gasteiger partial charge in [-0.1, -0.05) is 24.3 Å². The van der Waals surface area contributed by atoms with Crippen LogP contribution in [0.15, 0.2) is 42.5 Å². The van der Waals surface area contributed by atoms with E-state index >= 15 is 0 Å². The summed E-state index contributed by atoms with van der Waals surface area (Å²) in [5.74, 6) is 1.33. The van der Waals surface area contributed by atoms with Crippen LogP contribution >= 0.6 is 0 Å². The molecule has 4 heteroatoms. The van der Waals surface area contributed by atoms with Crippen LogP contribution in [0, 0.1) is 6.92 Å². The Hall–Kier alpha value is -2.49. The van der Waals surface area contributed by atoms with E-state index in [0.29, 0.717) is 5.95 Å². The summed E-state index contributed by atoms with van der Waals surface area (Å²) < 4.78 is 7.37. The van der Waals surface area contributed by atoms with Gasteiger partial charge in [0.25, 0.3) is 0 Å². The average molecular weight is 281 g/mol. The predicted octanol–water partition coefficient (Wildman–Crippen LogP) is 3.54. The molecule has 2 aromatic carbocycles. The van der Waals surface area contributed by atoms with Crippen LogP contribution in [0.2, 0.25) is 0 Å². The van der Waals surface area contributed by atoms with Gasteiger partial charge in [0.1, 0.15) is 5.75 Å². The highest BCUT2D eigenvalue weighted by molar-refractivity contribution is 5.80. The normalized spacial score (nSPS) is 12.5. The number of benzene rings is 2. The first-order valence-corrected chi connectivity index (χ1v) is 6.99. The number of hydrogen-bond donors (Lipinski definition) is 1. The molecule has 3 aromatic rings. The minimum Gasteiger partial charge on any atom is -0.497 e. The van der Waals surface area contributed by atoms with Crippen LogP contribution in [0.3, 0.4) is 0 Å². The van der Waals surface area contributed by atoms with Crippen LogP contribution in [0.1, 0.15) is 24.1 Å². The number of anilines is 1. The molecule has 0 fully saturated rings. The van der Waals surface area contributed by atoms with Gasteiger partial charge in [0.2, 0.25) is 5.95 Å². The standard InChI is InChI=1S/C17H19N3O/c1-11-6-4-5-7-14(11)12(2)20-16-10-13(21-3)8-9-15(16)19-17(20)18/h4-10,12H,1-3H3,(H2,18,19). The summed E-state index contributed by atoms with van der Waals surface area (Å²) in [5, 5.41) is 0. The number of nitrogens with zero attached hydrogens (tertiary/aromatic N) is 2. The smallest absolute Gasteiger partial charge is 0.201 e. The maximum absolute atomic E-state index is 6.14. The lowest BCUT2D eigenvalue weighted by atomic mass is 10.0. The van der Waals surface area contributed by atoms with Crippen molar-refractivity contribution in [3.8, 4) is 5.75 Å². The average Bonchev–Trinajstić information content (AvgIpc) is 2.81. The van der Waals surface area contributed by atoms with Crippen molar-refractivity contribution in [1.29, 1.82) is 0 Å². The second-order valence-corrected chi connectivity index (χ2v) is 5.23. The number of methoxy groups -OCH3 is 1. The number of aromatic nitrogens is 2. The maximum Gasteiger partial charge on any atom is 0.201 e. The molecule has 1 heterocycles. The molecule has 0 amide bonds. The van der Waals surface area contributed by atoms with Gasteiger partial charge in [-0.15, -0.1) is 0 Å². The van der Waals surface area contributed by atoms with Gasteiger partial charge in [0, 0.05) is 6.07 Å². The molecule has 0 spiro atoms. The molecule has 0 bridgehead atoms. The third-order valence-electron chi connectivity index (χ3n) is 3.95. The second kappa shape index (κ2) is 5.13. The van der Waals surface area contributed by atoms with Gasteiger partial charge in [0.05, 0.1) is 24.2 Å². The number of aryl methyl sites for hydroxylation is 1. The monoisotopic (exact) mass is 281 g/mol. The van der Waals surface area contributed by atoms with Crippen LogP contribution in [0.4, 0.5) is 5.95 Å². The Kier molecular flexibility index (Phi) is 3.29. The first-order valence-electron chi connectivity index (χ1n) is 6.99. The maximum atomic E-state index is 6.14. The topological polar surface area (TPSA) is 53.1 Å². The quantitative estimate of drug-likeness (QED) is 0.798. The molecule has 0 radical (unpaired) electrons. The third kappa shape index (κ3) is 2.23. The molecule has 21 heavy (non-hydrogen) atoms. The van der Waals surface area contributed by atoms with Gasteiger partial charge in [0.15, 0.2) is 0 Å². The summed E-state index contributed by atoms with van der Waals surface area (Å²) in [6.45, 7) is 4.25. The Labute approximate surface area is 124 Å². The molecule has 0 aliphatic rings. The fraction of sp³-hybridized carbons (Fsp3) is 0.235. The van der Waals surface area contributed by atoms with E-state index in [4.69, 9.17) is 10.5 Å². The lowest BCUT2D eigenvalue weighted by Gasteiger charge is -2.18. The molecule has 0 saturated heterocycles. The lowest BCUT2D eigenvalue weighted by molar-refractivity contribution is 0.415. The summed E-state index contributed by atoms with van der Waals surface area (Å²) in [4.78, 5) is 4.45. The van der Waals surface area contributed by atoms with Gasteiger partial charge in [-0.2, -0.15) is 0 Å². The zero-order valence-corrected chi connectivity index (χ0v) is 12.5.